The molecule has 3 rings (SSSR count). The van der Waals surface area contributed by atoms with Gasteiger partial charge in [0.15, 0.2) is 5.75 Å². The minimum atomic E-state index is -4.14. The molecule has 0 saturated carbocycles. The first-order valence-electron chi connectivity index (χ1n) is 7.54. The predicted octanol–water partition coefficient (Wildman–Crippen LogP) is 2.51. The molecule has 2 N–H and O–H groups in total. The van der Waals surface area contributed by atoms with E-state index in [0.717, 1.165) is 0 Å². The summed E-state index contributed by atoms with van der Waals surface area (Å²) in [6, 6.07) is 8.42. The quantitative estimate of drug-likeness (QED) is 0.428. The molecule has 0 atom stereocenters. The van der Waals surface area contributed by atoms with Gasteiger partial charge in [0.1, 0.15) is 10.5 Å². The average Bonchev–Trinajstić information content (AvgIpc) is 2.60. The highest BCUT2D eigenvalue weighted by molar-refractivity contribution is 7.87. The minimum absolute atomic E-state index is 0.0698. The van der Waals surface area contributed by atoms with Crippen molar-refractivity contribution in [2.45, 2.75) is 4.90 Å². The van der Waals surface area contributed by atoms with Gasteiger partial charge in [-0.05, 0) is 48.0 Å². The molecule has 2 aromatic carbocycles. The molecule has 0 radical (unpaired) electrons. The Morgan fingerprint density at radius 3 is 2.07 bits per heavy atom. The van der Waals surface area contributed by atoms with Crippen molar-refractivity contribution in [3.8, 4) is 5.75 Å². The Balaban J connectivity index is 1.86. The molecule has 0 bridgehead atoms. The Morgan fingerprint density at radius 1 is 0.893 bits per heavy atom. The van der Waals surface area contributed by atoms with Gasteiger partial charge >= 0.3 is 16.1 Å². The lowest BCUT2D eigenvalue weighted by molar-refractivity contribution is -0.123. The summed E-state index contributed by atoms with van der Waals surface area (Å²) in [5, 5.41) is 4.17. The zero-order valence-electron chi connectivity index (χ0n) is 13.7. The van der Waals surface area contributed by atoms with E-state index in [2.05, 4.69) is 0 Å². The van der Waals surface area contributed by atoms with E-state index >= 15 is 0 Å². The monoisotopic (exact) mass is 440 g/mol. The molecule has 0 spiro atoms. The first-order valence-corrected chi connectivity index (χ1v) is 9.70. The van der Waals surface area contributed by atoms with Crippen molar-refractivity contribution in [3.63, 3.8) is 0 Å². The number of carbonyl (C=O) groups is 3. The van der Waals surface area contributed by atoms with Crippen molar-refractivity contribution in [3.05, 3.63) is 63.6 Å². The summed E-state index contributed by atoms with van der Waals surface area (Å²) in [5.41, 5.74) is 0.00834. The van der Waals surface area contributed by atoms with E-state index in [0.29, 0.717) is 10.6 Å². The molecule has 0 aliphatic carbocycles. The number of imide groups is 2. The fourth-order valence-electron chi connectivity index (χ4n) is 2.22. The van der Waals surface area contributed by atoms with E-state index in [1.54, 1.807) is 0 Å². The van der Waals surface area contributed by atoms with Gasteiger partial charge in [0.2, 0.25) is 0 Å². The lowest BCUT2D eigenvalue weighted by Gasteiger charge is -2.14. The number of halogens is 2. The Hall–Kier alpha value is -2.88. The van der Waals surface area contributed by atoms with E-state index < -0.39 is 28.0 Å². The van der Waals surface area contributed by atoms with Crippen LogP contribution in [0.25, 0.3) is 6.08 Å². The molecule has 28 heavy (non-hydrogen) atoms. The molecule has 8 nitrogen and oxygen atoms in total. The predicted molar refractivity (Wildman–Crippen MR) is 100 cm³/mol. The topological polar surface area (TPSA) is 119 Å². The van der Waals surface area contributed by atoms with Crippen molar-refractivity contribution in [1.29, 1.82) is 0 Å². The van der Waals surface area contributed by atoms with Crippen LogP contribution in [0.2, 0.25) is 10.0 Å². The summed E-state index contributed by atoms with van der Waals surface area (Å²) in [6.07, 6.45) is 1.19. The lowest BCUT2D eigenvalue weighted by Crippen LogP contribution is -2.51. The normalized spacial score (nSPS) is 14.4. The Labute approximate surface area is 169 Å². The molecule has 0 aromatic heterocycles. The third-order valence-corrected chi connectivity index (χ3v) is 5.31. The molecule has 4 amide bonds. The zero-order chi connectivity index (χ0) is 20.5. The Bertz CT molecular complexity index is 1100. The van der Waals surface area contributed by atoms with E-state index in [4.69, 9.17) is 27.4 Å². The van der Waals surface area contributed by atoms with Crippen LogP contribution in [-0.2, 0) is 19.7 Å². The van der Waals surface area contributed by atoms with E-state index in [-0.39, 0.29) is 21.2 Å². The molecule has 11 heteroatoms. The van der Waals surface area contributed by atoms with Crippen LogP contribution in [0.1, 0.15) is 5.56 Å². The highest BCUT2D eigenvalue weighted by Crippen LogP contribution is 2.29. The number of benzene rings is 2. The number of barbiturate groups is 1. The SMILES string of the molecule is O=C1NC(=O)C(=Cc2ccc(OS(=O)(=O)c3ccc(Cl)cc3)c(Cl)c2)C(=O)N1. The number of hydrogen-bond acceptors (Lipinski definition) is 6. The smallest absolute Gasteiger partial charge is 0.339 e. The van der Waals surface area contributed by atoms with E-state index in [9.17, 15) is 22.8 Å². The maximum Gasteiger partial charge on any atom is 0.339 e. The second kappa shape index (κ2) is 7.63. The fourth-order valence-corrected chi connectivity index (χ4v) is 3.56. The van der Waals surface area contributed by atoms with Gasteiger partial charge in [0.05, 0.1) is 5.02 Å². The van der Waals surface area contributed by atoms with Crippen molar-refractivity contribution >= 4 is 57.2 Å². The molecule has 1 heterocycles. The Morgan fingerprint density at radius 2 is 1.50 bits per heavy atom. The number of amides is 4. The first-order chi connectivity index (χ1) is 13.2. The standard InChI is InChI=1S/C17H10Cl2N2O6S/c18-10-2-4-11(5-3-10)28(25,26)27-14-6-1-9(8-13(14)19)7-12-15(22)20-17(24)21-16(12)23/h1-8H,(H2,20,21,22,23,24). The maximum absolute atomic E-state index is 12.3. The largest absolute Gasteiger partial charge is 0.377 e. The number of hydrogen-bond donors (Lipinski definition) is 2. The Kier molecular flexibility index (Phi) is 5.41. The third kappa shape index (κ3) is 4.33. The molecular weight excluding hydrogens is 431 g/mol. The molecule has 144 valence electrons. The molecule has 1 fully saturated rings. The van der Waals surface area contributed by atoms with Crippen LogP contribution in [-0.4, -0.2) is 26.3 Å². The van der Waals surface area contributed by atoms with Gasteiger partial charge in [0, 0.05) is 5.02 Å². The summed E-state index contributed by atoms with van der Waals surface area (Å²) < 4.78 is 29.7. The van der Waals surface area contributed by atoms with Gasteiger partial charge in [-0.2, -0.15) is 8.42 Å². The lowest BCUT2D eigenvalue weighted by atomic mass is 10.1. The van der Waals surface area contributed by atoms with Crippen LogP contribution >= 0.6 is 23.2 Å². The number of nitrogens with one attached hydrogen (secondary N) is 2. The van der Waals surface area contributed by atoms with Crippen LogP contribution in [0.3, 0.4) is 0 Å². The van der Waals surface area contributed by atoms with Gasteiger partial charge in [-0.3, -0.25) is 20.2 Å². The molecule has 1 saturated heterocycles. The van der Waals surface area contributed by atoms with Crippen molar-refractivity contribution in [1.82, 2.24) is 10.6 Å². The molecular formula is C17H10Cl2N2O6S. The van der Waals surface area contributed by atoms with Gasteiger partial charge < -0.3 is 4.18 Å². The number of carbonyl (C=O) groups excluding carboxylic acids is 3. The van der Waals surface area contributed by atoms with Crippen LogP contribution in [0, 0.1) is 0 Å². The second-order valence-corrected chi connectivity index (χ2v) is 7.87. The van der Waals surface area contributed by atoms with Crippen LogP contribution in [0.4, 0.5) is 4.79 Å². The maximum atomic E-state index is 12.3. The van der Waals surface area contributed by atoms with E-state index in [1.165, 1.54) is 48.5 Å². The molecule has 0 unspecified atom stereocenters. The van der Waals surface area contributed by atoms with Crippen LogP contribution < -0.4 is 14.8 Å². The third-order valence-electron chi connectivity index (χ3n) is 3.51. The number of urea groups is 1. The van der Waals surface area contributed by atoms with Crippen molar-refractivity contribution in [2.75, 3.05) is 0 Å². The van der Waals surface area contributed by atoms with Gasteiger partial charge in [-0.1, -0.05) is 29.3 Å². The summed E-state index contributed by atoms with van der Waals surface area (Å²) in [5.74, 6) is -1.88. The van der Waals surface area contributed by atoms with Crippen molar-refractivity contribution < 1.29 is 27.0 Å². The molecule has 1 aliphatic rings. The van der Waals surface area contributed by atoms with Gasteiger partial charge in [-0.25, -0.2) is 4.79 Å². The average molecular weight is 441 g/mol. The van der Waals surface area contributed by atoms with Gasteiger partial charge in [0.25, 0.3) is 11.8 Å². The zero-order valence-corrected chi connectivity index (χ0v) is 16.1. The van der Waals surface area contributed by atoms with Crippen molar-refractivity contribution in [2.24, 2.45) is 0 Å². The summed E-state index contributed by atoms with van der Waals surface area (Å²) in [7, 11) is -4.14. The molecule has 1 aliphatic heterocycles. The summed E-state index contributed by atoms with van der Waals surface area (Å²) in [4.78, 5) is 34.4. The minimum Gasteiger partial charge on any atom is -0.377 e. The fraction of sp³-hybridized carbons (Fsp3) is 0. The van der Waals surface area contributed by atoms with Crippen LogP contribution in [0.5, 0.6) is 5.75 Å². The molecule has 2 aromatic rings. The summed E-state index contributed by atoms with van der Waals surface area (Å²) >= 11 is 11.8. The second-order valence-electron chi connectivity index (χ2n) is 5.48. The summed E-state index contributed by atoms with van der Waals surface area (Å²) in [6.45, 7) is 0. The van der Waals surface area contributed by atoms with Gasteiger partial charge in [-0.15, -0.1) is 0 Å². The highest BCUT2D eigenvalue weighted by atomic mass is 35.5. The number of rotatable bonds is 4. The van der Waals surface area contributed by atoms with Crippen LogP contribution in [0.15, 0.2) is 52.9 Å². The highest BCUT2D eigenvalue weighted by Gasteiger charge is 2.27. The van der Waals surface area contributed by atoms with E-state index in [1.807, 2.05) is 10.6 Å². The first kappa shape index (κ1) is 19.9.